The van der Waals surface area contributed by atoms with Gasteiger partial charge in [-0.1, -0.05) is 0 Å². The van der Waals surface area contributed by atoms with Gasteiger partial charge in [0.05, 0.1) is 0 Å². The lowest BCUT2D eigenvalue weighted by atomic mass is 11.0. The lowest BCUT2D eigenvalue weighted by molar-refractivity contribution is -0.335. The van der Waals surface area contributed by atoms with E-state index >= 15 is 0 Å². The van der Waals surface area contributed by atoms with E-state index in [0.29, 0.717) is 0 Å². The van der Waals surface area contributed by atoms with E-state index in [1.54, 1.807) is 0 Å². The van der Waals surface area contributed by atoms with Crippen LogP contribution in [-0.2, 0) is 10.3 Å². The molecular weight excluding hydrogens is 232 g/mol. The van der Waals surface area contributed by atoms with Crippen LogP contribution in [0.25, 0.3) is 0 Å². The van der Waals surface area contributed by atoms with Crippen LogP contribution in [0.15, 0.2) is 0 Å². The Balaban J connectivity index is 5.28. The van der Waals surface area contributed by atoms with E-state index in [2.05, 4.69) is 0 Å². The maximum atomic E-state index is 11.4. The summed E-state index contributed by atoms with van der Waals surface area (Å²) in [6.07, 6.45) is -12.5. The lowest BCUT2D eigenvalue weighted by Gasteiger charge is -2.22. The van der Waals surface area contributed by atoms with Gasteiger partial charge < -0.3 is 0 Å². The Morgan fingerprint density at radius 2 is 1.15 bits per heavy atom. The van der Waals surface area contributed by atoms with Crippen molar-refractivity contribution in [1.29, 1.82) is 0 Å². The molecule has 4 nitrogen and oxygen atoms in total. The van der Waals surface area contributed by atoms with Crippen LogP contribution in [-0.4, -0.2) is 29.9 Å². The molecule has 13 heavy (non-hydrogen) atoms. The van der Waals surface area contributed by atoms with E-state index in [4.69, 9.17) is 4.55 Å². The smallest absolute Gasteiger partial charge is 0.273 e. The largest absolute Gasteiger partial charge is 0.482 e. The zero-order chi connectivity index (χ0) is 11.1. The van der Waals surface area contributed by atoms with Gasteiger partial charge in [0.15, 0.2) is 0 Å². The van der Waals surface area contributed by atoms with Crippen molar-refractivity contribution in [2.75, 3.05) is 0 Å². The molecule has 0 aromatic rings. The highest BCUT2D eigenvalue weighted by Gasteiger charge is 2.61. The molecule has 0 bridgehead atoms. The summed E-state index contributed by atoms with van der Waals surface area (Å²) in [6, 6.07) is 0. The summed E-state index contributed by atoms with van der Waals surface area (Å²) >= 11 is 0. The lowest BCUT2D eigenvalue weighted by Crippen LogP contribution is -2.51. The van der Waals surface area contributed by atoms with Crippen molar-refractivity contribution in [2.24, 2.45) is 0 Å². The van der Waals surface area contributed by atoms with Crippen molar-refractivity contribution >= 4 is 10.3 Å². The first-order valence-corrected chi connectivity index (χ1v) is 3.68. The van der Waals surface area contributed by atoms with Crippen molar-refractivity contribution in [2.45, 2.75) is 12.6 Å². The Labute approximate surface area is 67.6 Å². The number of nitrogens with zero attached hydrogens (tertiary/aromatic N) is 1. The average Bonchev–Trinajstić information content (AvgIpc) is 1.44. The Bertz CT molecular complexity index is 261. The van der Waals surface area contributed by atoms with Crippen LogP contribution < -0.4 is 0 Å². The zero-order valence-electron chi connectivity index (χ0n) is 5.39. The summed E-state index contributed by atoms with van der Waals surface area (Å²) < 4.78 is 92.3. The van der Waals surface area contributed by atoms with E-state index < -0.39 is 27.2 Å². The average molecular weight is 233 g/mol. The summed E-state index contributed by atoms with van der Waals surface area (Å²) in [4.78, 5) is 0. The number of hydrogen-bond acceptors (Lipinski definition) is 2. The topological polar surface area (TPSA) is 57.6 Å². The van der Waals surface area contributed by atoms with Crippen LogP contribution in [0, 0.1) is 0 Å². The fourth-order valence-electron chi connectivity index (χ4n) is 0.405. The first-order valence-electron chi connectivity index (χ1n) is 2.28. The highest BCUT2D eigenvalue weighted by molar-refractivity contribution is 7.83. The van der Waals surface area contributed by atoms with Gasteiger partial charge in [-0.05, 0) is 0 Å². The molecule has 0 aliphatic heterocycles. The predicted octanol–water partition coefficient (Wildman–Crippen LogP) is 1.13. The predicted molar refractivity (Wildman–Crippen MR) is 25.5 cm³/mol. The molecule has 0 rings (SSSR count). The van der Waals surface area contributed by atoms with Crippen molar-refractivity contribution in [3.8, 4) is 0 Å². The maximum Gasteiger partial charge on any atom is 0.482 e. The number of hydrogen-bond donors (Lipinski definition) is 1. The Hall–Kier alpha value is -0.550. The van der Waals surface area contributed by atoms with E-state index in [-0.39, 0.29) is 0 Å². The number of alkyl halides is 6. The molecule has 0 aromatic heterocycles. The second-order valence-corrected chi connectivity index (χ2v) is 2.94. The van der Waals surface area contributed by atoms with Gasteiger partial charge in [-0.3, -0.25) is 4.55 Å². The van der Waals surface area contributed by atoms with Crippen LogP contribution in [0.5, 0.6) is 0 Å². The van der Waals surface area contributed by atoms with E-state index in [1.165, 1.54) is 0 Å². The van der Waals surface area contributed by atoms with E-state index in [9.17, 15) is 34.8 Å². The maximum absolute atomic E-state index is 11.4. The van der Waals surface area contributed by atoms with Gasteiger partial charge in [0.1, 0.15) is 0 Å². The third kappa shape index (κ3) is 3.36. The molecule has 0 fully saturated rings. The molecule has 0 radical (unpaired) electrons. The molecule has 0 aliphatic carbocycles. The molecule has 0 unspecified atom stereocenters. The second-order valence-electron chi connectivity index (χ2n) is 1.68. The molecule has 0 spiro atoms. The van der Waals surface area contributed by atoms with Gasteiger partial charge in [-0.25, -0.2) is 0 Å². The Kier molecular flexibility index (Phi) is 2.86. The fourth-order valence-corrected chi connectivity index (χ4v) is 0.929. The van der Waals surface area contributed by atoms with Crippen molar-refractivity contribution in [3.63, 3.8) is 0 Å². The molecule has 0 aromatic carbocycles. The first kappa shape index (κ1) is 12.4. The quantitative estimate of drug-likeness (QED) is 0.419. The Morgan fingerprint density at radius 1 is 0.923 bits per heavy atom. The minimum absolute atomic E-state index is 2.91. The van der Waals surface area contributed by atoms with Crippen LogP contribution in [0.4, 0.5) is 26.3 Å². The minimum Gasteiger partial charge on any atom is -0.273 e. The van der Waals surface area contributed by atoms with Crippen molar-refractivity contribution in [3.05, 3.63) is 0 Å². The van der Waals surface area contributed by atoms with E-state index in [1.807, 2.05) is 0 Å². The highest BCUT2D eigenvalue weighted by atomic mass is 32.2. The van der Waals surface area contributed by atoms with Gasteiger partial charge in [0, 0.05) is 4.31 Å². The summed E-state index contributed by atoms with van der Waals surface area (Å²) in [5.41, 5.74) is 0. The van der Waals surface area contributed by atoms with Gasteiger partial charge in [-0.2, -0.15) is 34.8 Å². The molecule has 80 valence electrons. The Morgan fingerprint density at radius 3 is 1.15 bits per heavy atom. The van der Waals surface area contributed by atoms with Gasteiger partial charge in [-0.15, -0.1) is 0 Å². The first-order chi connectivity index (χ1) is 5.37. The molecular formula is C2HF6NO3S. The fraction of sp³-hybridized carbons (Fsp3) is 1.00. The second kappa shape index (κ2) is 2.99. The molecule has 0 saturated carbocycles. The summed E-state index contributed by atoms with van der Waals surface area (Å²) in [5, 5.41) is 0. The number of halogens is 6. The summed E-state index contributed by atoms with van der Waals surface area (Å²) in [7, 11) is -6.40. The zero-order valence-corrected chi connectivity index (χ0v) is 6.20. The third-order valence-electron chi connectivity index (χ3n) is 0.691. The van der Waals surface area contributed by atoms with Crippen molar-refractivity contribution < 1.29 is 39.3 Å². The third-order valence-corrected chi connectivity index (χ3v) is 1.57. The molecule has 1 N–H and O–H groups in total. The highest BCUT2D eigenvalue weighted by Crippen LogP contribution is 2.35. The van der Waals surface area contributed by atoms with E-state index in [0.717, 1.165) is 0 Å². The van der Waals surface area contributed by atoms with Crippen LogP contribution in [0.2, 0.25) is 0 Å². The monoisotopic (exact) mass is 233 g/mol. The molecule has 11 heteroatoms. The van der Waals surface area contributed by atoms with Crippen LogP contribution in [0.3, 0.4) is 0 Å². The SMILES string of the molecule is O=S(=O)(O)N(C(F)(F)F)C(F)(F)F. The molecule has 0 atom stereocenters. The van der Waals surface area contributed by atoms with Crippen molar-refractivity contribution in [1.82, 2.24) is 4.31 Å². The summed E-state index contributed by atoms with van der Waals surface area (Å²) in [5.74, 6) is 0. The van der Waals surface area contributed by atoms with Gasteiger partial charge in [0.2, 0.25) is 0 Å². The molecule has 0 aliphatic rings. The van der Waals surface area contributed by atoms with Crippen LogP contribution >= 0.6 is 0 Å². The number of rotatable bonds is 1. The minimum atomic E-state index is -6.40. The van der Waals surface area contributed by atoms with Gasteiger partial charge in [0.25, 0.3) is 0 Å². The molecule has 0 saturated heterocycles. The molecule has 0 heterocycles. The standard InChI is InChI=1S/C2HF6NO3S/c3-1(4,5)9(2(6,7)8)13(10,11)12/h(H,10,11,12). The molecule has 0 amide bonds. The van der Waals surface area contributed by atoms with Crippen LogP contribution in [0.1, 0.15) is 0 Å². The normalized spacial score (nSPS) is 15.1. The van der Waals surface area contributed by atoms with Gasteiger partial charge >= 0.3 is 22.9 Å². The summed E-state index contributed by atoms with van der Waals surface area (Å²) in [6.45, 7) is 0.